The van der Waals surface area contributed by atoms with Crippen molar-refractivity contribution in [1.29, 1.82) is 0 Å². The highest BCUT2D eigenvalue weighted by Gasteiger charge is 2.19. The van der Waals surface area contributed by atoms with Gasteiger partial charge >= 0.3 is 0 Å². The number of benzene rings is 1. The van der Waals surface area contributed by atoms with Crippen molar-refractivity contribution in [2.24, 2.45) is 0 Å². The zero-order chi connectivity index (χ0) is 17.0. The third-order valence-electron chi connectivity index (χ3n) is 3.56. The van der Waals surface area contributed by atoms with Crippen LogP contribution in [0.2, 0.25) is 5.02 Å². The number of thiazole rings is 1. The van der Waals surface area contributed by atoms with E-state index in [-0.39, 0.29) is 18.0 Å². The van der Waals surface area contributed by atoms with E-state index in [0.29, 0.717) is 5.02 Å². The summed E-state index contributed by atoms with van der Waals surface area (Å²) in [6, 6.07) is 7.32. The maximum Gasteiger partial charge on any atom is 0.237 e. The molecule has 0 fully saturated rings. The first-order valence-corrected chi connectivity index (χ1v) is 8.88. The summed E-state index contributed by atoms with van der Waals surface area (Å²) in [4.78, 5) is 17.9. The van der Waals surface area contributed by atoms with Crippen LogP contribution in [-0.4, -0.2) is 23.5 Å². The molecule has 0 saturated carbocycles. The molecule has 0 spiro atoms. The van der Waals surface area contributed by atoms with E-state index in [4.69, 9.17) is 16.6 Å². The van der Waals surface area contributed by atoms with Crippen LogP contribution in [0.25, 0.3) is 11.3 Å². The topological polar surface area (TPSA) is 54.0 Å². The van der Waals surface area contributed by atoms with Crippen molar-refractivity contribution < 1.29 is 4.79 Å². The second-order valence-corrected chi connectivity index (χ2v) is 7.14. The van der Waals surface area contributed by atoms with Crippen LogP contribution in [0.1, 0.15) is 36.7 Å². The van der Waals surface area contributed by atoms with Crippen LogP contribution in [0.4, 0.5) is 0 Å². The van der Waals surface area contributed by atoms with Crippen molar-refractivity contribution in [3.8, 4) is 11.3 Å². The molecule has 0 aliphatic heterocycles. The minimum Gasteiger partial charge on any atom is -0.346 e. The standard InChI is InChI=1S/C17H22ClN3OS/c1-5-19-10(2)16(22)20-11(3)17-21-15(12(4)23-17)13-6-8-14(18)9-7-13/h6-11,19H,5H2,1-4H3,(H,20,22). The maximum absolute atomic E-state index is 12.1. The van der Waals surface area contributed by atoms with Gasteiger partial charge in [-0.2, -0.15) is 0 Å². The van der Waals surface area contributed by atoms with Crippen molar-refractivity contribution >= 4 is 28.8 Å². The maximum atomic E-state index is 12.1. The Labute approximate surface area is 146 Å². The van der Waals surface area contributed by atoms with Gasteiger partial charge in [-0.15, -0.1) is 11.3 Å². The van der Waals surface area contributed by atoms with E-state index in [1.54, 1.807) is 11.3 Å². The van der Waals surface area contributed by atoms with Crippen LogP contribution in [-0.2, 0) is 4.79 Å². The Balaban J connectivity index is 2.13. The van der Waals surface area contributed by atoms with E-state index in [1.807, 2.05) is 52.0 Å². The lowest BCUT2D eigenvalue weighted by Crippen LogP contribution is -2.42. The number of hydrogen-bond acceptors (Lipinski definition) is 4. The van der Waals surface area contributed by atoms with Gasteiger partial charge in [0.2, 0.25) is 5.91 Å². The van der Waals surface area contributed by atoms with Crippen LogP contribution in [0.5, 0.6) is 0 Å². The number of hydrogen-bond donors (Lipinski definition) is 2. The fourth-order valence-corrected chi connectivity index (χ4v) is 3.35. The molecule has 0 bridgehead atoms. The SMILES string of the molecule is CCNC(C)C(=O)NC(C)c1nc(-c2ccc(Cl)cc2)c(C)s1. The van der Waals surface area contributed by atoms with E-state index in [1.165, 1.54) is 0 Å². The summed E-state index contributed by atoms with van der Waals surface area (Å²) < 4.78 is 0. The molecule has 2 rings (SSSR count). The summed E-state index contributed by atoms with van der Waals surface area (Å²) in [5.41, 5.74) is 1.98. The number of rotatable bonds is 6. The van der Waals surface area contributed by atoms with Crippen molar-refractivity contribution in [2.45, 2.75) is 39.8 Å². The molecule has 2 unspecified atom stereocenters. The minimum absolute atomic E-state index is 0.0137. The number of likely N-dealkylation sites (N-methyl/N-ethyl adjacent to an activating group) is 1. The minimum atomic E-state index is -0.209. The Morgan fingerprint density at radius 2 is 1.96 bits per heavy atom. The predicted molar refractivity (Wildman–Crippen MR) is 97.0 cm³/mol. The quantitative estimate of drug-likeness (QED) is 0.828. The van der Waals surface area contributed by atoms with Crippen molar-refractivity contribution in [1.82, 2.24) is 15.6 Å². The highest BCUT2D eigenvalue weighted by molar-refractivity contribution is 7.12. The number of amides is 1. The third kappa shape index (κ3) is 4.53. The number of aryl methyl sites for hydroxylation is 1. The highest BCUT2D eigenvalue weighted by Crippen LogP contribution is 2.31. The van der Waals surface area contributed by atoms with Gasteiger partial charge in [0.25, 0.3) is 0 Å². The van der Waals surface area contributed by atoms with E-state index in [0.717, 1.165) is 27.7 Å². The van der Waals surface area contributed by atoms with Crippen molar-refractivity contribution in [3.63, 3.8) is 0 Å². The second kappa shape index (κ2) is 7.90. The Kier molecular flexibility index (Phi) is 6.16. The summed E-state index contributed by atoms with van der Waals surface area (Å²) in [6.07, 6.45) is 0. The molecule has 1 amide bonds. The van der Waals surface area contributed by atoms with Crippen LogP contribution >= 0.6 is 22.9 Å². The van der Waals surface area contributed by atoms with E-state index < -0.39 is 0 Å². The average molecular weight is 352 g/mol. The van der Waals surface area contributed by atoms with Crippen molar-refractivity contribution in [2.75, 3.05) is 6.54 Å². The van der Waals surface area contributed by atoms with Crippen LogP contribution in [0.3, 0.4) is 0 Å². The lowest BCUT2D eigenvalue weighted by atomic mass is 10.1. The summed E-state index contributed by atoms with van der Waals surface area (Å²) in [5, 5.41) is 7.73. The largest absolute Gasteiger partial charge is 0.346 e. The number of nitrogens with one attached hydrogen (secondary N) is 2. The molecule has 0 aliphatic carbocycles. The van der Waals surface area contributed by atoms with Gasteiger partial charge in [0.1, 0.15) is 5.01 Å². The van der Waals surface area contributed by atoms with E-state index in [2.05, 4.69) is 10.6 Å². The highest BCUT2D eigenvalue weighted by atomic mass is 35.5. The number of halogens is 1. The van der Waals surface area contributed by atoms with Crippen LogP contribution < -0.4 is 10.6 Å². The average Bonchev–Trinajstić information content (AvgIpc) is 2.90. The summed E-state index contributed by atoms with van der Waals surface area (Å²) >= 11 is 7.55. The molecule has 0 saturated heterocycles. The molecule has 124 valence electrons. The van der Waals surface area contributed by atoms with Gasteiger partial charge in [0.05, 0.1) is 17.8 Å². The zero-order valence-corrected chi connectivity index (χ0v) is 15.4. The monoisotopic (exact) mass is 351 g/mol. The molecule has 2 atom stereocenters. The van der Waals surface area contributed by atoms with E-state index in [9.17, 15) is 4.79 Å². The van der Waals surface area contributed by atoms with Gasteiger partial charge in [-0.25, -0.2) is 4.98 Å². The first-order valence-electron chi connectivity index (χ1n) is 7.69. The lowest BCUT2D eigenvalue weighted by Gasteiger charge is -2.16. The summed E-state index contributed by atoms with van der Waals surface area (Å²) in [5.74, 6) is -0.0137. The summed E-state index contributed by atoms with van der Waals surface area (Å²) in [7, 11) is 0. The number of nitrogens with zero attached hydrogens (tertiary/aromatic N) is 1. The molecular formula is C17H22ClN3OS. The number of carbonyl (C=O) groups excluding carboxylic acids is 1. The first-order chi connectivity index (χ1) is 10.9. The molecular weight excluding hydrogens is 330 g/mol. The van der Waals surface area contributed by atoms with Gasteiger partial charge in [-0.3, -0.25) is 4.79 Å². The van der Waals surface area contributed by atoms with Gasteiger partial charge in [-0.1, -0.05) is 30.7 Å². The van der Waals surface area contributed by atoms with Gasteiger partial charge in [-0.05, 0) is 39.4 Å². The predicted octanol–water partition coefficient (Wildman–Crippen LogP) is 3.95. The summed E-state index contributed by atoms with van der Waals surface area (Å²) in [6.45, 7) is 8.61. The third-order valence-corrected chi connectivity index (χ3v) is 4.97. The molecule has 1 heterocycles. The van der Waals surface area contributed by atoms with Crippen molar-refractivity contribution in [3.05, 3.63) is 39.2 Å². The molecule has 1 aromatic heterocycles. The van der Waals surface area contributed by atoms with Gasteiger partial charge in [0.15, 0.2) is 0 Å². The molecule has 2 N–H and O–H groups in total. The van der Waals surface area contributed by atoms with Crippen LogP contribution in [0, 0.1) is 6.92 Å². The van der Waals surface area contributed by atoms with Gasteiger partial charge < -0.3 is 10.6 Å². The van der Waals surface area contributed by atoms with E-state index >= 15 is 0 Å². The molecule has 1 aromatic carbocycles. The Morgan fingerprint density at radius 1 is 1.30 bits per heavy atom. The fourth-order valence-electron chi connectivity index (χ4n) is 2.28. The smallest absolute Gasteiger partial charge is 0.237 e. The molecule has 6 heteroatoms. The molecule has 23 heavy (non-hydrogen) atoms. The Bertz CT molecular complexity index is 669. The number of aromatic nitrogens is 1. The molecule has 0 aliphatic rings. The zero-order valence-electron chi connectivity index (χ0n) is 13.8. The second-order valence-electron chi connectivity index (χ2n) is 5.47. The molecule has 2 aromatic rings. The lowest BCUT2D eigenvalue weighted by molar-refractivity contribution is -0.123. The normalized spacial score (nSPS) is 13.6. The molecule has 4 nitrogen and oxygen atoms in total. The van der Waals surface area contributed by atoms with Crippen LogP contribution in [0.15, 0.2) is 24.3 Å². The van der Waals surface area contributed by atoms with Gasteiger partial charge in [0, 0.05) is 15.5 Å². The Hall–Kier alpha value is -1.43. The fraction of sp³-hybridized carbons (Fsp3) is 0.412. The number of carbonyl (C=O) groups is 1. The first kappa shape index (κ1) is 17.9. The Morgan fingerprint density at radius 3 is 2.57 bits per heavy atom. The molecule has 0 radical (unpaired) electrons.